The molecule has 0 spiro atoms. The smallest absolute Gasteiger partial charge is 0.655 e. The number of nitrogens with zero attached hydrogens (tertiary/aromatic N) is 3. The van der Waals surface area contributed by atoms with Crippen LogP contribution in [0.3, 0.4) is 0 Å². The van der Waals surface area contributed by atoms with E-state index >= 15 is 0 Å². The second-order valence-corrected chi connectivity index (χ2v) is 4.74. The molecule has 0 aliphatic carbocycles. The van der Waals surface area contributed by atoms with Gasteiger partial charge in [-0.1, -0.05) is 13.8 Å². The van der Waals surface area contributed by atoms with Crippen molar-refractivity contribution in [2.75, 3.05) is 47.8 Å². The molecule has 0 rings (SSSR count). The van der Waals surface area contributed by atoms with Crippen LogP contribution in [0.4, 0.5) is 0 Å². The summed E-state index contributed by atoms with van der Waals surface area (Å²) in [6.45, 7) is 7.34. The fourth-order valence-corrected chi connectivity index (χ4v) is 1.38. The molecule has 0 saturated heterocycles. The van der Waals surface area contributed by atoms with Gasteiger partial charge in [-0.2, -0.15) is 0 Å². The van der Waals surface area contributed by atoms with Crippen molar-refractivity contribution in [1.29, 1.82) is 0 Å². The zero-order chi connectivity index (χ0) is 10.5. The van der Waals surface area contributed by atoms with Crippen LogP contribution in [0.15, 0.2) is 0 Å². The van der Waals surface area contributed by atoms with E-state index in [9.17, 15) is 0 Å². The van der Waals surface area contributed by atoms with Crippen LogP contribution >= 0.6 is 0 Å². The van der Waals surface area contributed by atoms with Gasteiger partial charge in [0.2, 0.25) is 0 Å². The minimum Gasteiger partial charge on any atom is -0.655 e. The summed E-state index contributed by atoms with van der Waals surface area (Å²) in [7, 11) is 8.33. The summed E-state index contributed by atoms with van der Waals surface area (Å²) < 4.78 is 0. The van der Waals surface area contributed by atoms with Crippen LogP contribution < -0.4 is 18.9 Å². The topological polar surface area (TPSA) is 20.6 Å². The monoisotopic (exact) mass is 193 g/mol. The molecule has 0 heterocycles. The average molecular weight is 193 g/mol. The molecule has 0 aromatic heterocycles. The Kier molecular flexibility index (Phi) is 9.32. The van der Waals surface area contributed by atoms with Crippen molar-refractivity contribution in [3.63, 3.8) is 0 Å². The van der Waals surface area contributed by atoms with E-state index in [1.54, 1.807) is 0 Å². The first-order valence-electron chi connectivity index (χ1n) is 4.81. The molecular weight excluding hydrogens is 169 g/mol. The standard InChI is InChI=1S/C10H24N3.Li/c1-10(2,9-13(5)6)11-7-8-12(3)4;/h7-9H2,1-6H3;/q-1;+1. The maximum atomic E-state index is 4.65. The zero-order valence-corrected chi connectivity index (χ0v) is 11.0. The number of hydrogen-bond acceptors (Lipinski definition) is 2. The molecule has 0 aromatic rings. The summed E-state index contributed by atoms with van der Waals surface area (Å²) >= 11 is 0. The maximum absolute atomic E-state index is 4.65. The first-order chi connectivity index (χ1) is 5.83. The molecule has 0 aliphatic heterocycles. The predicted octanol–water partition coefficient (Wildman–Crippen LogP) is -1.73. The summed E-state index contributed by atoms with van der Waals surface area (Å²) in [6, 6.07) is 0. The van der Waals surface area contributed by atoms with Gasteiger partial charge in [0.1, 0.15) is 0 Å². The van der Waals surface area contributed by atoms with Crippen LogP contribution in [0.2, 0.25) is 0 Å². The molecule has 0 N–H and O–H groups in total. The third-order valence-corrected chi connectivity index (χ3v) is 1.79. The second-order valence-electron chi connectivity index (χ2n) is 4.74. The van der Waals surface area contributed by atoms with Crippen LogP contribution in [-0.2, 0) is 0 Å². The number of likely N-dealkylation sites (N-methyl/N-ethyl adjacent to an activating group) is 2. The Hall–Kier alpha value is 0.477. The Morgan fingerprint density at radius 1 is 1.00 bits per heavy atom. The Bertz CT molecular complexity index is 135. The van der Waals surface area contributed by atoms with E-state index in [2.05, 4.69) is 57.2 Å². The summed E-state index contributed by atoms with van der Waals surface area (Å²) in [5, 5.41) is 4.65. The summed E-state index contributed by atoms with van der Waals surface area (Å²) in [5.74, 6) is 0. The van der Waals surface area contributed by atoms with E-state index in [1.165, 1.54) is 0 Å². The summed E-state index contributed by atoms with van der Waals surface area (Å²) in [4.78, 5) is 4.34. The third-order valence-electron chi connectivity index (χ3n) is 1.79. The van der Waals surface area contributed by atoms with Gasteiger partial charge in [-0.3, -0.25) is 0 Å². The minimum atomic E-state index is 0. The van der Waals surface area contributed by atoms with Crippen molar-refractivity contribution in [2.45, 2.75) is 19.4 Å². The molecule has 80 valence electrons. The fourth-order valence-electron chi connectivity index (χ4n) is 1.38. The number of hydrogen-bond donors (Lipinski definition) is 0. The average Bonchev–Trinajstić information content (AvgIpc) is 1.81. The third kappa shape index (κ3) is 10.6. The normalized spacial score (nSPS) is 12.0. The Labute approximate surface area is 101 Å². The van der Waals surface area contributed by atoms with E-state index in [0.717, 1.165) is 19.6 Å². The molecule has 14 heavy (non-hydrogen) atoms. The van der Waals surface area contributed by atoms with E-state index in [0.29, 0.717) is 0 Å². The Morgan fingerprint density at radius 2 is 1.50 bits per heavy atom. The van der Waals surface area contributed by atoms with Crippen LogP contribution in [0.1, 0.15) is 13.8 Å². The summed E-state index contributed by atoms with van der Waals surface area (Å²) in [6.07, 6.45) is 0. The molecule has 4 heteroatoms. The van der Waals surface area contributed by atoms with Gasteiger partial charge in [-0.25, -0.2) is 0 Å². The molecule has 0 saturated carbocycles. The molecule has 0 fully saturated rings. The van der Waals surface area contributed by atoms with Gasteiger partial charge in [-0.15, -0.1) is 12.1 Å². The van der Waals surface area contributed by atoms with Gasteiger partial charge in [-0.05, 0) is 41.3 Å². The minimum absolute atomic E-state index is 0. The van der Waals surface area contributed by atoms with Crippen molar-refractivity contribution < 1.29 is 18.9 Å². The fraction of sp³-hybridized carbons (Fsp3) is 1.00. The van der Waals surface area contributed by atoms with Crippen LogP contribution in [0.25, 0.3) is 5.32 Å². The van der Waals surface area contributed by atoms with Gasteiger partial charge < -0.3 is 15.1 Å². The summed E-state index contributed by atoms with van der Waals surface area (Å²) in [5.41, 5.74) is 0.0828. The molecule has 0 aliphatic rings. The van der Waals surface area contributed by atoms with E-state index in [4.69, 9.17) is 0 Å². The Balaban J connectivity index is 0. The van der Waals surface area contributed by atoms with Crippen molar-refractivity contribution in [3.8, 4) is 0 Å². The van der Waals surface area contributed by atoms with E-state index < -0.39 is 0 Å². The SMILES string of the molecule is CN(C)CC[N-]C(C)(C)CN(C)C.[Li+]. The quantitative estimate of drug-likeness (QED) is 0.467. The first kappa shape index (κ1) is 16.9. The van der Waals surface area contributed by atoms with Crippen LogP contribution in [-0.4, -0.2) is 63.2 Å². The predicted molar refractivity (Wildman–Crippen MR) is 59.4 cm³/mol. The van der Waals surface area contributed by atoms with Crippen molar-refractivity contribution in [1.82, 2.24) is 9.80 Å². The molecule has 0 bridgehead atoms. The molecular formula is C10H24LiN3. The van der Waals surface area contributed by atoms with Crippen LogP contribution in [0.5, 0.6) is 0 Å². The molecule has 0 radical (unpaired) electrons. The van der Waals surface area contributed by atoms with Gasteiger partial charge >= 0.3 is 18.9 Å². The molecule has 0 aromatic carbocycles. The Morgan fingerprint density at radius 3 is 1.86 bits per heavy atom. The van der Waals surface area contributed by atoms with Crippen molar-refractivity contribution >= 4 is 0 Å². The zero-order valence-electron chi connectivity index (χ0n) is 11.0. The van der Waals surface area contributed by atoms with Crippen molar-refractivity contribution in [3.05, 3.63) is 5.32 Å². The molecule has 0 atom stereocenters. The number of rotatable bonds is 6. The molecule has 0 unspecified atom stereocenters. The molecule has 0 amide bonds. The van der Waals surface area contributed by atoms with Gasteiger partial charge in [0, 0.05) is 0 Å². The van der Waals surface area contributed by atoms with Crippen LogP contribution in [0, 0.1) is 0 Å². The molecule has 3 nitrogen and oxygen atoms in total. The van der Waals surface area contributed by atoms with E-state index in [-0.39, 0.29) is 24.4 Å². The van der Waals surface area contributed by atoms with Gasteiger partial charge in [0.05, 0.1) is 0 Å². The maximum Gasteiger partial charge on any atom is 1.00 e. The van der Waals surface area contributed by atoms with E-state index in [1.807, 2.05) is 0 Å². The van der Waals surface area contributed by atoms with Crippen molar-refractivity contribution in [2.24, 2.45) is 0 Å². The van der Waals surface area contributed by atoms with Gasteiger partial charge in [0.15, 0.2) is 0 Å². The van der Waals surface area contributed by atoms with Gasteiger partial charge in [0.25, 0.3) is 0 Å². The largest absolute Gasteiger partial charge is 1.00 e. The second kappa shape index (κ2) is 7.73. The first-order valence-corrected chi connectivity index (χ1v) is 4.81.